The maximum absolute atomic E-state index is 13.6. The lowest BCUT2D eigenvalue weighted by molar-refractivity contribution is -0.130. The molecule has 9 heteroatoms. The number of carbonyl (C=O) groups excluding carboxylic acids is 3. The molecule has 2 aliphatic carbocycles. The number of piperidine rings is 2. The number of nitrogens with one attached hydrogen (secondary N) is 1. The average Bonchev–Trinajstić information content (AvgIpc) is 3.88. The first-order valence-electron chi connectivity index (χ1n) is 24.9. The van der Waals surface area contributed by atoms with E-state index >= 15 is 0 Å². The number of rotatable bonds is 12. The first kappa shape index (κ1) is 49.9. The van der Waals surface area contributed by atoms with Crippen LogP contribution in [-0.2, 0) is 4.79 Å². The number of Topliss-reactive ketones (excluding diaryl/α,β-unsaturated/α-hetero) is 2. The molecule has 2 saturated heterocycles. The number of nitrogens with zero attached hydrogens (tertiary/aromatic N) is 3. The van der Waals surface area contributed by atoms with E-state index in [1.165, 1.54) is 12.8 Å². The van der Waals surface area contributed by atoms with Crippen LogP contribution in [0.25, 0.3) is 22.3 Å². The van der Waals surface area contributed by atoms with Crippen molar-refractivity contribution in [3.8, 4) is 11.5 Å². The fourth-order valence-corrected chi connectivity index (χ4v) is 9.58. The van der Waals surface area contributed by atoms with Gasteiger partial charge in [0, 0.05) is 89.3 Å². The lowest BCUT2D eigenvalue weighted by Gasteiger charge is -2.31. The highest BCUT2D eigenvalue weighted by molar-refractivity contribution is 6.42. The van der Waals surface area contributed by atoms with Crippen molar-refractivity contribution in [2.24, 2.45) is 11.8 Å². The molecule has 0 spiro atoms. The van der Waals surface area contributed by atoms with Gasteiger partial charge in [0.05, 0.1) is 13.2 Å². The van der Waals surface area contributed by atoms with Crippen LogP contribution in [0.4, 0.5) is 0 Å². The SMILES string of the molecule is CC.CC.CC(=O)N1CCC(CCOc2ccc3c(c2)C(=O)C(c2cccnc2)=C3c2ccccc2)CC1.O=C1C(c2cccnc2)=C(c2ccccc2)c2ccc(OCCC3CCNCC3)cc21. The van der Waals surface area contributed by atoms with Gasteiger partial charge in [0.25, 0.3) is 0 Å². The summed E-state index contributed by atoms with van der Waals surface area (Å²) < 4.78 is 12.1. The molecule has 0 bridgehead atoms. The van der Waals surface area contributed by atoms with Gasteiger partial charge >= 0.3 is 0 Å². The minimum absolute atomic E-state index is 0.00362. The van der Waals surface area contributed by atoms with Gasteiger partial charge in [0.15, 0.2) is 11.6 Å². The molecule has 9 nitrogen and oxygen atoms in total. The summed E-state index contributed by atoms with van der Waals surface area (Å²) in [5.41, 5.74) is 10.3. The predicted octanol–water partition coefficient (Wildman–Crippen LogP) is 12.3. The third kappa shape index (κ3) is 12.0. The number of likely N-dealkylation sites (tertiary alicyclic amines) is 1. The molecule has 0 atom stereocenters. The molecule has 4 aliphatic rings. The molecular weight excluding hydrogens is 857 g/mol. The van der Waals surface area contributed by atoms with Crippen molar-refractivity contribution in [3.63, 3.8) is 0 Å². The van der Waals surface area contributed by atoms with Crippen molar-refractivity contribution in [3.05, 3.63) is 191 Å². The highest BCUT2D eigenvalue weighted by atomic mass is 16.5. The average molecular weight is 923 g/mol. The van der Waals surface area contributed by atoms with Gasteiger partial charge in [-0.2, -0.15) is 0 Å². The molecule has 0 saturated carbocycles. The van der Waals surface area contributed by atoms with Gasteiger partial charge in [-0.25, -0.2) is 0 Å². The van der Waals surface area contributed by atoms with Gasteiger partial charge < -0.3 is 19.7 Å². The molecule has 4 heterocycles. The number of pyridine rings is 2. The molecule has 2 aromatic heterocycles. The van der Waals surface area contributed by atoms with Crippen LogP contribution in [0, 0.1) is 11.8 Å². The molecule has 2 aliphatic heterocycles. The van der Waals surface area contributed by atoms with Crippen molar-refractivity contribution in [2.45, 2.75) is 73.1 Å². The number of aromatic nitrogens is 2. The monoisotopic (exact) mass is 923 g/mol. The number of allylic oxidation sites excluding steroid dienone is 2. The normalized spacial score (nSPS) is 15.5. The number of ketones is 2. The number of fused-ring (bicyclic) bond motifs is 2. The number of benzene rings is 4. The van der Waals surface area contributed by atoms with E-state index in [-0.39, 0.29) is 17.5 Å². The summed E-state index contributed by atoms with van der Waals surface area (Å²) in [6.45, 7) is 14.8. The van der Waals surface area contributed by atoms with Gasteiger partial charge in [-0.15, -0.1) is 0 Å². The Morgan fingerprint density at radius 1 is 0.536 bits per heavy atom. The van der Waals surface area contributed by atoms with Gasteiger partial charge in [-0.05, 0) is 134 Å². The zero-order chi connectivity index (χ0) is 48.5. The van der Waals surface area contributed by atoms with E-state index < -0.39 is 0 Å². The molecule has 1 N–H and O–H groups in total. The highest BCUT2D eigenvalue weighted by Crippen LogP contribution is 2.44. The molecule has 10 rings (SSSR count). The largest absolute Gasteiger partial charge is 0.494 e. The van der Waals surface area contributed by atoms with E-state index in [2.05, 4.69) is 27.4 Å². The van der Waals surface area contributed by atoms with Crippen LogP contribution in [0.15, 0.2) is 146 Å². The maximum Gasteiger partial charge on any atom is 0.219 e. The van der Waals surface area contributed by atoms with Crippen molar-refractivity contribution >= 4 is 39.8 Å². The molecule has 4 aromatic carbocycles. The Hall–Kier alpha value is -6.97. The van der Waals surface area contributed by atoms with Crippen molar-refractivity contribution in [1.29, 1.82) is 0 Å². The van der Waals surface area contributed by atoms with E-state index in [1.54, 1.807) is 31.7 Å². The van der Waals surface area contributed by atoms with Gasteiger partial charge in [-0.1, -0.05) is 100 Å². The summed E-state index contributed by atoms with van der Waals surface area (Å²) in [6, 6.07) is 39.5. The van der Waals surface area contributed by atoms with E-state index in [0.29, 0.717) is 47.2 Å². The quantitative estimate of drug-likeness (QED) is 0.129. The smallest absolute Gasteiger partial charge is 0.219 e. The van der Waals surface area contributed by atoms with Crippen LogP contribution in [0.1, 0.15) is 127 Å². The minimum Gasteiger partial charge on any atom is -0.494 e. The van der Waals surface area contributed by atoms with E-state index in [1.807, 2.05) is 142 Å². The second-order valence-electron chi connectivity index (χ2n) is 17.2. The standard InChI is InChI=1S/C29H28N2O3.C27H26N2O2.2C2H6/c1-20(32)31-15-11-21(12-16-31)13-17-34-24-9-10-25-26(18-24)29(33)28(23-8-5-14-30-19-23)27(25)22-6-3-2-4-7-22;30-27-24-17-22(31-16-12-19-10-14-28-15-11-19)8-9-23(24)25(20-5-2-1-3-6-20)26(27)21-7-4-13-29-18-21;2*1-2/h2-10,14,18-19,21H,11-13,15-17H2,1H3;1-9,13,17-19,28H,10-12,14-16H2;2*1-2H3. The zero-order valence-electron chi connectivity index (χ0n) is 40.9. The fourth-order valence-electron chi connectivity index (χ4n) is 9.58. The van der Waals surface area contributed by atoms with Crippen molar-refractivity contribution in [2.75, 3.05) is 39.4 Å². The number of hydrogen-bond donors (Lipinski definition) is 1. The summed E-state index contributed by atoms with van der Waals surface area (Å²) >= 11 is 0. The summed E-state index contributed by atoms with van der Waals surface area (Å²) in [7, 11) is 0. The summed E-state index contributed by atoms with van der Waals surface area (Å²) in [6.07, 6.45) is 13.4. The number of carbonyl (C=O) groups is 3. The molecule has 356 valence electrons. The molecule has 2 fully saturated rings. The fraction of sp³-hybridized carbons (Fsp3) is 0.317. The van der Waals surface area contributed by atoms with Crippen molar-refractivity contribution in [1.82, 2.24) is 20.2 Å². The summed E-state index contributed by atoms with van der Waals surface area (Å²) in [4.78, 5) is 49.0. The summed E-state index contributed by atoms with van der Waals surface area (Å²) in [5, 5.41) is 3.40. The Labute approximate surface area is 408 Å². The van der Waals surface area contributed by atoms with Crippen LogP contribution >= 0.6 is 0 Å². The van der Waals surface area contributed by atoms with E-state index in [9.17, 15) is 14.4 Å². The minimum atomic E-state index is 0.00362. The highest BCUT2D eigenvalue weighted by Gasteiger charge is 2.33. The molecule has 1 amide bonds. The summed E-state index contributed by atoms with van der Waals surface area (Å²) in [5.74, 6) is 2.96. The second kappa shape index (κ2) is 24.9. The zero-order valence-corrected chi connectivity index (χ0v) is 40.9. The van der Waals surface area contributed by atoms with Crippen LogP contribution in [0.2, 0.25) is 0 Å². The lowest BCUT2D eigenvalue weighted by Crippen LogP contribution is -2.37. The van der Waals surface area contributed by atoms with Crippen LogP contribution in [-0.4, -0.2) is 71.7 Å². The Morgan fingerprint density at radius 2 is 0.957 bits per heavy atom. The third-order valence-electron chi connectivity index (χ3n) is 13.1. The van der Waals surface area contributed by atoms with Crippen LogP contribution < -0.4 is 14.8 Å². The van der Waals surface area contributed by atoms with Gasteiger partial charge in [0.2, 0.25) is 5.91 Å². The lowest BCUT2D eigenvalue weighted by atomic mass is 9.94. The Kier molecular flexibility index (Phi) is 18.0. The topological polar surface area (TPSA) is 111 Å². The number of ether oxygens (including phenoxy) is 2. The number of amides is 1. The Balaban J connectivity index is 0.000000191. The molecule has 69 heavy (non-hydrogen) atoms. The first-order valence-corrected chi connectivity index (χ1v) is 24.9. The van der Waals surface area contributed by atoms with E-state index in [4.69, 9.17) is 9.47 Å². The Bertz CT molecular complexity index is 2700. The predicted molar refractivity (Wildman–Crippen MR) is 278 cm³/mol. The first-order chi connectivity index (χ1) is 33.9. The second-order valence-corrected chi connectivity index (χ2v) is 17.2. The van der Waals surface area contributed by atoms with Gasteiger partial charge in [0.1, 0.15) is 11.5 Å². The number of hydrogen-bond acceptors (Lipinski definition) is 8. The van der Waals surface area contributed by atoms with Crippen molar-refractivity contribution < 1.29 is 23.9 Å². The van der Waals surface area contributed by atoms with E-state index in [0.717, 1.165) is 108 Å². The van der Waals surface area contributed by atoms with Crippen LogP contribution in [0.3, 0.4) is 0 Å². The molecular formula is C60H66N4O5. The maximum atomic E-state index is 13.6. The Morgan fingerprint density at radius 3 is 1.36 bits per heavy atom. The molecule has 0 unspecified atom stereocenters. The van der Waals surface area contributed by atoms with Crippen LogP contribution in [0.5, 0.6) is 11.5 Å². The van der Waals surface area contributed by atoms with Gasteiger partial charge in [-0.3, -0.25) is 24.4 Å². The third-order valence-corrected chi connectivity index (χ3v) is 13.1. The molecule has 6 aromatic rings. The molecule has 0 radical (unpaired) electrons.